The molecule has 1 rings (SSSR count). The second kappa shape index (κ2) is 6.23. The fourth-order valence-corrected chi connectivity index (χ4v) is 2.44. The lowest BCUT2D eigenvalue weighted by Gasteiger charge is -1.98. The van der Waals surface area contributed by atoms with Crippen LogP contribution in [0.3, 0.4) is 0 Å². The van der Waals surface area contributed by atoms with Gasteiger partial charge in [-0.25, -0.2) is 0 Å². The van der Waals surface area contributed by atoms with E-state index in [1.54, 1.807) is 11.3 Å². The minimum absolute atomic E-state index is 0.878. The maximum Gasteiger partial charge on any atom is 0.0931 e. The highest BCUT2D eigenvalue weighted by atomic mass is 35.5. The molecule has 0 aliphatic rings. The molecule has 0 atom stereocenters. The molecule has 0 spiro atoms. The van der Waals surface area contributed by atoms with E-state index in [9.17, 15) is 0 Å². The summed E-state index contributed by atoms with van der Waals surface area (Å²) < 4.78 is 0.878. The highest BCUT2D eigenvalue weighted by Crippen LogP contribution is 2.23. The quantitative estimate of drug-likeness (QED) is 0.602. The van der Waals surface area contributed by atoms with Crippen LogP contribution in [-0.2, 0) is 6.42 Å². The van der Waals surface area contributed by atoms with Crippen molar-refractivity contribution in [3.05, 3.63) is 33.0 Å². The summed E-state index contributed by atoms with van der Waals surface area (Å²) in [4.78, 5) is 1.34. The van der Waals surface area contributed by atoms with Gasteiger partial charge in [-0.3, -0.25) is 0 Å². The fourth-order valence-electron chi connectivity index (χ4n) is 1.26. The van der Waals surface area contributed by atoms with Crippen molar-refractivity contribution >= 4 is 22.9 Å². The zero-order valence-corrected chi connectivity index (χ0v) is 10.2. The number of hydrogen-bond donors (Lipinski definition) is 1. The Bertz CT molecular complexity index is 304. The van der Waals surface area contributed by atoms with E-state index >= 15 is 0 Å². The van der Waals surface area contributed by atoms with Gasteiger partial charge in [-0.15, -0.1) is 11.3 Å². The highest BCUT2D eigenvalue weighted by Gasteiger charge is 1.98. The van der Waals surface area contributed by atoms with Gasteiger partial charge in [-0.2, -0.15) is 0 Å². The molecule has 0 unspecified atom stereocenters. The maximum absolute atomic E-state index is 5.86. The van der Waals surface area contributed by atoms with Crippen molar-refractivity contribution in [3.8, 4) is 0 Å². The normalized spacial score (nSPS) is 12.1. The van der Waals surface area contributed by atoms with E-state index in [1.807, 2.05) is 13.1 Å². The first-order valence-corrected chi connectivity index (χ1v) is 5.96. The van der Waals surface area contributed by atoms with Gasteiger partial charge in [0.05, 0.1) is 4.34 Å². The molecule has 1 N–H and O–H groups in total. The van der Waals surface area contributed by atoms with Gasteiger partial charge in [0.15, 0.2) is 0 Å². The molecular formula is C11H16ClNS. The van der Waals surface area contributed by atoms with Crippen molar-refractivity contribution in [1.29, 1.82) is 0 Å². The fraction of sp³-hybridized carbons (Fsp3) is 0.455. The molecule has 14 heavy (non-hydrogen) atoms. The van der Waals surface area contributed by atoms with Crippen LogP contribution >= 0.6 is 22.9 Å². The first-order chi connectivity index (χ1) is 6.72. The summed E-state index contributed by atoms with van der Waals surface area (Å²) in [6.45, 7) is 3.21. The van der Waals surface area contributed by atoms with E-state index in [2.05, 4.69) is 24.4 Å². The molecule has 78 valence electrons. The van der Waals surface area contributed by atoms with Crippen LogP contribution in [0.15, 0.2) is 23.8 Å². The smallest absolute Gasteiger partial charge is 0.0931 e. The number of halogens is 1. The molecule has 0 aliphatic heterocycles. The highest BCUT2D eigenvalue weighted by molar-refractivity contribution is 7.16. The van der Waals surface area contributed by atoms with Gasteiger partial charge in [0.1, 0.15) is 0 Å². The molecule has 1 nitrogen and oxygen atoms in total. The SMILES string of the molecule is CNCCC=C(C)Cc1ccc(Cl)s1. The molecule has 1 aromatic heterocycles. The lowest BCUT2D eigenvalue weighted by Crippen LogP contribution is -2.06. The average Bonchev–Trinajstić information content (AvgIpc) is 2.52. The molecule has 0 aliphatic carbocycles. The number of thiophene rings is 1. The number of nitrogens with one attached hydrogen (secondary N) is 1. The Balaban J connectivity index is 2.40. The summed E-state index contributed by atoms with van der Waals surface area (Å²) >= 11 is 7.52. The van der Waals surface area contributed by atoms with Crippen LogP contribution < -0.4 is 5.32 Å². The third kappa shape index (κ3) is 4.27. The standard InChI is InChI=1S/C11H16ClNS/c1-9(4-3-7-13-2)8-10-5-6-11(12)14-10/h4-6,13H,3,7-8H2,1-2H3. The van der Waals surface area contributed by atoms with E-state index in [0.29, 0.717) is 0 Å². The van der Waals surface area contributed by atoms with E-state index in [-0.39, 0.29) is 0 Å². The molecule has 0 saturated carbocycles. The number of rotatable bonds is 5. The van der Waals surface area contributed by atoms with Crippen LogP contribution in [0, 0.1) is 0 Å². The molecular weight excluding hydrogens is 214 g/mol. The monoisotopic (exact) mass is 229 g/mol. The predicted octanol–water partition coefficient (Wildman–Crippen LogP) is 3.50. The first-order valence-electron chi connectivity index (χ1n) is 4.77. The lowest BCUT2D eigenvalue weighted by molar-refractivity contribution is 0.803. The number of hydrogen-bond acceptors (Lipinski definition) is 2. The molecule has 1 heterocycles. The van der Waals surface area contributed by atoms with Crippen molar-refractivity contribution < 1.29 is 0 Å². The Hall–Kier alpha value is -0.310. The average molecular weight is 230 g/mol. The van der Waals surface area contributed by atoms with Gasteiger partial charge >= 0.3 is 0 Å². The number of allylic oxidation sites excluding steroid dienone is 1. The molecule has 0 radical (unpaired) electrons. The summed E-state index contributed by atoms with van der Waals surface area (Å²) in [5, 5.41) is 3.13. The van der Waals surface area contributed by atoms with Gasteiger partial charge in [-0.1, -0.05) is 23.3 Å². The molecule has 0 bridgehead atoms. The molecule has 0 aromatic carbocycles. The van der Waals surface area contributed by atoms with Crippen LogP contribution in [0.1, 0.15) is 18.2 Å². The topological polar surface area (TPSA) is 12.0 Å². The minimum atomic E-state index is 0.878. The molecule has 0 saturated heterocycles. The van der Waals surface area contributed by atoms with Crippen molar-refractivity contribution in [2.75, 3.05) is 13.6 Å². The predicted molar refractivity (Wildman–Crippen MR) is 65.3 cm³/mol. The second-order valence-electron chi connectivity index (χ2n) is 3.33. The molecule has 3 heteroatoms. The van der Waals surface area contributed by atoms with Crippen molar-refractivity contribution in [2.45, 2.75) is 19.8 Å². The zero-order chi connectivity index (χ0) is 10.4. The molecule has 1 aromatic rings. The third-order valence-electron chi connectivity index (χ3n) is 1.97. The Labute approximate surface area is 94.8 Å². The van der Waals surface area contributed by atoms with Crippen LogP contribution in [-0.4, -0.2) is 13.6 Å². The van der Waals surface area contributed by atoms with E-state index in [1.165, 1.54) is 10.5 Å². The van der Waals surface area contributed by atoms with Gasteiger partial charge in [0, 0.05) is 11.3 Å². The first kappa shape index (κ1) is 11.8. The van der Waals surface area contributed by atoms with Gasteiger partial charge in [0.2, 0.25) is 0 Å². The summed E-state index contributed by atoms with van der Waals surface area (Å²) in [6.07, 6.45) is 4.41. The Morgan fingerprint density at radius 1 is 1.57 bits per heavy atom. The van der Waals surface area contributed by atoms with Crippen molar-refractivity contribution in [1.82, 2.24) is 5.32 Å². The molecule has 0 amide bonds. The van der Waals surface area contributed by atoms with Gasteiger partial charge in [0.25, 0.3) is 0 Å². The van der Waals surface area contributed by atoms with Crippen LogP contribution in [0.5, 0.6) is 0 Å². The van der Waals surface area contributed by atoms with E-state index in [4.69, 9.17) is 11.6 Å². The van der Waals surface area contributed by atoms with E-state index < -0.39 is 0 Å². The lowest BCUT2D eigenvalue weighted by atomic mass is 10.1. The van der Waals surface area contributed by atoms with Crippen LogP contribution in [0.2, 0.25) is 4.34 Å². The second-order valence-corrected chi connectivity index (χ2v) is 5.12. The summed E-state index contributed by atoms with van der Waals surface area (Å²) in [5.74, 6) is 0. The minimum Gasteiger partial charge on any atom is -0.319 e. The third-order valence-corrected chi connectivity index (χ3v) is 3.20. The Morgan fingerprint density at radius 3 is 2.93 bits per heavy atom. The van der Waals surface area contributed by atoms with Crippen LogP contribution in [0.4, 0.5) is 0 Å². The summed E-state index contributed by atoms with van der Waals surface area (Å²) in [7, 11) is 1.97. The zero-order valence-electron chi connectivity index (χ0n) is 8.64. The maximum atomic E-state index is 5.86. The molecule has 0 fully saturated rings. The Morgan fingerprint density at radius 2 is 2.36 bits per heavy atom. The summed E-state index contributed by atoms with van der Waals surface area (Å²) in [6, 6.07) is 4.06. The van der Waals surface area contributed by atoms with E-state index in [0.717, 1.165) is 23.7 Å². The van der Waals surface area contributed by atoms with Crippen molar-refractivity contribution in [2.24, 2.45) is 0 Å². The van der Waals surface area contributed by atoms with Crippen molar-refractivity contribution in [3.63, 3.8) is 0 Å². The van der Waals surface area contributed by atoms with Crippen LogP contribution in [0.25, 0.3) is 0 Å². The largest absolute Gasteiger partial charge is 0.319 e. The van der Waals surface area contributed by atoms with Gasteiger partial charge < -0.3 is 5.32 Å². The Kier molecular flexibility index (Phi) is 5.23. The van der Waals surface area contributed by atoms with Gasteiger partial charge in [-0.05, 0) is 39.1 Å². The summed E-state index contributed by atoms with van der Waals surface area (Å²) in [5.41, 5.74) is 1.42.